The van der Waals surface area contributed by atoms with Gasteiger partial charge in [0.2, 0.25) is 0 Å². The molecule has 0 aromatic rings. The fourth-order valence-corrected chi connectivity index (χ4v) is 0.354. The van der Waals surface area contributed by atoms with Crippen molar-refractivity contribution in [2.75, 3.05) is 6.61 Å². The Morgan fingerprint density at radius 3 is 1.75 bits per heavy atom. The van der Waals surface area contributed by atoms with Crippen LogP contribution in [-0.4, -0.2) is 19.6 Å². The average molecular weight is 116 g/mol. The summed E-state index contributed by atoms with van der Waals surface area (Å²) in [6, 6.07) is 0. The zero-order valence-corrected chi connectivity index (χ0v) is 6.28. The van der Waals surface area contributed by atoms with E-state index in [4.69, 9.17) is 5.11 Å². The second-order valence-electron chi connectivity index (χ2n) is 1.67. The summed E-state index contributed by atoms with van der Waals surface area (Å²) in [7, 11) is 2.21. The Morgan fingerprint density at radius 2 is 1.75 bits per heavy atom. The molecular formula is C6H17BO. The van der Waals surface area contributed by atoms with Crippen LogP contribution in [0.3, 0.4) is 0 Å². The summed E-state index contributed by atoms with van der Waals surface area (Å²) in [5.41, 5.74) is 0. The number of aliphatic hydroxyl groups excluding tert-OH is 1. The predicted molar refractivity (Wildman–Crippen MR) is 41.0 cm³/mol. The van der Waals surface area contributed by atoms with Crippen LogP contribution >= 0.6 is 0 Å². The van der Waals surface area contributed by atoms with Gasteiger partial charge >= 0.3 is 0 Å². The minimum Gasteiger partial charge on any atom is -0.397 e. The van der Waals surface area contributed by atoms with Gasteiger partial charge in [-0.15, -0.1) is 0 Å². The van der Waals surface area contributed by atoms with Crippen LogP contribution in [0.15, 0.2) is 0 Å². The van der Waals surface area contributed by atoms with Crippen molar-refractivity contribution in [2.45, 2.75) is 33.0 Å². The van der Waals surface area contributed by atoms with Crippen molar-refractivity contribution in [3.63, 3.8) is 0 Å². The van der Waals surface area contributed by atoms with Crippen molar-refractivity contribution in [2.24, 2.45) is 0 Å². The van der Waals surface area contributed by atoms with E-state index in [0.29, 0.717) is 0 Å². The van der Waals surface area contributed by atoms with E-state index in [9.17, 15) is 0 Å². The molecule has 0 aliphatic heterocycles. The molecule has 0 heterocycles. The Morgan fingerprint density at radius 1 is 1.38 bits per heavy atom. The molecule has 0 spiro atoms. The molecule has 1 N–H and O–H groups in total. The standard InChI is InChI=1S/C4H11B.C2H6O/c1-2-3-4-5;1-2-3/h2-5H2,1H3;3H,2H2,1H3. The number of unbranched alkanes of at least 4 members (excludes halogenated alkanes) is 1. The molecule has 1 nitrogen and oxygen atoms in total. The van der Waals surface area contributed by atoms with Gasteiger partial charge in [0.1, 0.15) is 7.85 Å². The summed E-state index contributed by atoms with van der Waals surface area (Å²) >= 11 is 0. The van der Waals surface area contributed by atoms with Crippen LogP contribution < -0.4 is 0 Å². The highest BCUT2D eigenvalue weighted by Gasteiger charge is 1.68. The molecule has 0 aliphatic rings. The fourth-order valence-electron chi connectivity index (χ4n) is 0.354. The first-order chi connectivity index (χ1) is 3.83. The zero-order chi connectivity index (χ0) is 6.83. The zero-order valence-electron chi connectivity index (χ0n) is 6.28. The quantitative estimate of drug-likeness (QED) is 0.530. The molecule has 0 radical (unpaired) electrons. The Labute approximate surface area is 53.5 Å². The van der Waals surface area contributed by atoms with Gasteiger partial charge in [-0.1, -0.05) is 26.1 Å². The maximum atomic E-state index is 7.57. The highest BCUT2D eigenvalue weighted by atomic mass is 16.2. The van der Waals surface area contributed by atoms with E-state index < -0.39 is 0 Å². The second-order valence-corrected chi connectivity index (χ2v) is 1.67. The molecule has 0 unspecified atom stereocenters. The van der Waals surface area contributed by atoms with Gasteiger partial charge in [0, 0.05) is 6.61 Å². The molecule has 0 amide bonds. The Bertz CT molecular complexity index is 22.5. The summed E-state index contributed by atoms with van der Waals surface area (Å²) in [6.07, 6.45) is 4.08. The van der Waals surface area contributed by atoms with Crippen LogP contribution in [0.5, 0.6) is 0 Å². The molecule has 0 aromatic heterocycles. The number of rotatable bonds is 2. The van der Waals surface area contributed by atoms with E-state index in [1.165, 1.54) is 19.2 Å². The summed E-state index contributed by atoms with van der Waals surface area (Å²) in [5.74, 6) is 0. The fraction of sp³-hybridized carbons (Fsp3) is 1.00. The second kappa shape index (κ2) is 15.7. The Balaban J connectivity index is 0. The molecule has 0 aromatic carbocycles. The maximum absolute atomic E-state index is 7.57. The van der Waals surface area contributed by atoms with Crippen LogP contribution in [-0.2, 0) is 0 Å². The molecule has 0 atom stereocenters. The van der Waals surface area contributed by atoms with Crippen LogP contribution in [0.1, 0.15) is 26.7 Å². The first-order valence-electron chi connectivity index (χ1n) is 3.44. The van der Waals surface area contributed by atoms with E-state index in [1.54, 1.807) is 6.92 Å². The lowest BCUT2D eigenvalue weighted by atomic mass is 10.0. The lowest BCUT2D eigenvalue weighted by Gasteiger charge is -1.78. The molecule has 0 fully saturated rings. The van der Waals surface area contributed by atoms with Gasteiger partial charge in [0.15, 0.2) is 0 Å². The Hall–Kier alpha value is 0.0249. The van der Waals surface area contributed by atoms with Gasteiger partial charge in [0.05, 0.1) is 0 Å². The van der Waals surface area contributed by atoms with Crippen LogP contribution in [0.2, 0.25) is 6.32 Å². The number of hydrogen-bond donors (Lipinski definition) is 1. The van der Waals surface area contributed by atoms with Crippen molar-refractivity contribution in [1.82, 2.24) is 0 Å². The summed E-state index contributed by atoms with van der Waals surface area (Å²) in [5, 5.41) is 7.57. The Kier molecular flexibility index (Phi) is 21.5. The van der Waals surface area contributed by atoms with E-state index in [1.807, 2.05) is 0 Å². The van der Waals surface area contributed by atoms with Crippen molar-refractivity contribution in [1.29, 1.82) is 0 Å². The van der Waals surface area contributed by atoms with Crippen molar-refractivity contribution >= 4 is 7.85 Å². The average Bonchev–Trinajstić information content (AvgIpc) is 1.71. The topological polar surface area (TPSA) is 20.2 Å². The molecule has 2 heteroatoms. The van der Waals surface area contributed by atoms with Gasteiger partial charge in [-0.2, -0.15) is 0 Å². The molecule has 0 saturated heterocycles. The summed E-state index contributed by atoms with van der Waals surface area (Å²) < 4.78 is 0. The minimum atomic E-state index is 0.250. The van der Waals surface area contributed by atoms with Gasteiger partial charge in [-0.25, -0.2) is 0 Å². The van der Waals surface area contributed by atoms with Gasteiger partial charge in [-0.05, 0) is 6.92 Å². The minimum absolute atomic E-state index is 0.250. The number of aliphatic hydroxyl groups is 1. The first-order valence-corrected chi connectivity index (χ1v) is 3.44. The third-order valence-electron chi connectivity index (χ3n) is 0.707. The molecule has 0 bridgehead atoms. The van der Waals surface area contributed by atoms with Gasteiger partial charge in [-0.3, -0.25) is 0 Å². The monoisotopic (exact) mass is 116 g/mol. The third-order valence-corrected chi connectivity index (χ3v) is 0.707. The van der Waals surface area contributed by atoms with Crippen LogP contribution in [0, 0.1) is 0 Å². The van der Waals surface area contributed by atoms with Gasteiger partial charge in [0.25, 0.3) is 0 Å². The van der Waals surface area contributed by atoms with Crippen molar-refractivity contribution in [3.8, 4) is 0 Å². The van der Waals surface area contributed by atoms with E-state index >= 15 is 0 Å². The molecular weight excluding hydrogens is 98.9 g/mol. The number of hydrogen-bond acceptors (Lipinski definition) is 1. The molecule has 50 valence electrons. The maximum Gasteiger partial charge on any atom is 0.101 e. The van der Waals surface area contributed by atoms with Crippen molar-refractivity contribution < 1.29 is 5.11 Å². The first kappa shape index (κ1) is 10.9. The van der Waals surface area contributed by atoms with E-state index in [0.717, 1.165) is 0 Å². The summed E-state index contributed by atoms with van der Waals surface area (Å²) in [6.45, 7) is 4.14. The van der Waals surface area contributed by atoms with E-state index in [2.05, 4.69) is 14.8 Å². The van der Waals surface area contributed by atoms with Crippen LogP contribution in [0.25, 0.3) is 0 Å². The normalized spacial score (nSPS) is 7.38. The van der Waals surface area contributed by atoms with E-state index in [-0.39, 0.29) is 6.61 Å². The predicted octanol–water partition coefficient (Wildman–Crippen LogP) is 0.837. The lowest BCUT2D eigenvalue weighted by molar-refractivity contribution is 0.318. The van der Waals surface area contributed by atoms with Gasteiger partial charge < -0.3 is 5.11 Å². The van der Waals surface area contributed by atoms with Crippen LogP contribution in [0.4, 0.5) is 0 Å². The SMILES string of the molecule is BCCCC.CCO. The molecule has 0 aliphatic carbocycles. The molecule has 0 saturated carbocycles. The largest absolute Gasteiger partial charge is 0.397 e. The third kappa shape index (κ3) is 37.1. The van der Waals surface area contributed by atoms with Crippen molar-refractivity contribution in [3.05, 3.63) is 0 Å². The molecule has 8 heavy (non-hydrogen) atoms. The highest BCUT2D eigenvalue weighted by molar-refractivity contribution is 6.08. The smallest absolute Gasteiger partial charge is 0.101 e. The highest BCUT2D eigenvalue weighted by Crippen LogP contribution is 1.86. The lowest BCUT2D eigenvalue weighted by Crippen LogP contribution is -1.63. The molecule has 0 rings (SSSR count). The summed E-state index contributed by atoms with van der Waals surface area (Å²) in [4.78, 5) is 0.